The van der Waals surface area contributed by atoms with Crippen molar-refractivity contribution in [3.05, 3.63) is 41.2 Å². The second-order valence-electron chi connectivity index (χ2n) is 11.6. The van der Waals surface area contributed by atoms with Crippen molar-refractivity contribution < 1.29 is 27.8 Å². The first-order valence-corrected chi connectivity index (χ1v) is 15.7. The highest BCUT2D eigenvalue weighted by Gasteiger charge is 2.45. The van der Waals surface area contributed by atoms with Crippen LogP contribution in [0.4, 0.5) is 19.0 Å². The van der Waals surface area contributed by atoms with Crippen LogP contribution >= 0.6 is 0 Å². The number of ether oxygens (including phenoxy) is 2. The predicted octanol–water partition coefficient (Wildman–Crippen LogP) is 5.40. The molecule has 0 amide bonds. The molecule has 3 aliphatic rings. The Labute approximate surface area is 265 Å². The first kappa shape index (κ1) is 31.6. The molecule has 12 heteroatoms. The second-order valence-corrected chi connectivity index (χ2v) is 11.6. The summed E-state index contributed by atoms with van der Waals surface area (Å²) in [6.07, 6.45) is 9.81. The van der Waals surface area contributed by atoms with Gasteiger partial charge in [0.2, 0.25) is 5.88 Å². The fourth-order valence-electron chi connectivity index (χ4n) is 7.05. The summed E-state index contributed by atoms with van der Waals surface area (Å²) in [5.41, 5.74) is -0.955. The van der Waals surface area contributed by atoms with E-state index in [0.29, 0.717) is 38.6 Å². The third-order valence-electron chi connectivity index (χ3n) is 9.12. The van der Waals surface area contributed by atoms with Crippen LogP contribution < -0.4 is 19.7 Å². The molecule has 242 valence electrons. The number of terminal acetylenes is 1. The van der Waals surface area contributed by atoms with Gasteiger partial charge in [-0.05, 0) is 62.4 Å². The number of nitrogens with zero attached hydrogens (tertiary/aromatic N) is 5. The smallest absolute Gasteiger partial charge is 0.319 e. The molecule has 0 saturated carbocycles. The predicted molar refractivity (Wildman–Crippen MR) is 171 cm³/mol. The first-order valence-electron chi connectivity index (χ1n) is 15.7. The van der Waals surface area contributed by atoms with E-state index in [4.69, 9.17) is 20.9 Å². The lowest BCUT2D eigenvalue weighted by molar-refractivity contribution is 0.108. The van der Waals surface area contributed by atoms with Crippen LogP contribution in [0.5, 0.6) is 17.6 Å². The Bertz CT molecular complexity index is 1830. The van der Waals surface area contributed by atoms with E-state index in [1.54, 1.807) is 0 Å². The molecule has 3 fully saturated rings. The quantitative estimate of drug-likeness (QED) is 0.271. The fraction of sp³-hybridized carbons (Fsp3) is 0.441. The molecule has 2 aromatic carbocycles. The summed E-state index contributed by atoms with van der Waals surface area (Å²) in [6, 6.07) is 3.36. The van der Waals surface area contributed by atoms with Crippen molar-refractivity contribution in [2.24, 2.45) is 0 Å². The molecular weight excluding hydrogens is 597 g/mol. The molecule has 4 aromatic rings. The molecule has 3 saturated heterocycles. The van der Waals surface area contributed by atoms with Crippen LogP contribution in [0.25, 0.3) is 32.9 Å². The fourth-order valence-corrected chi connectivity index (χ4v) is 7.05. The number of phenolic OH excluding ortho intramolecular Hbond substituents is 1. The third-order valence-corrected chi connectivity index (χ3v) is 9.12. The maximum absolute atomic E-state index is 16.8. The van der Waals surface area contributed by atoms with E-state index in [2.05, 4.69) is 26.1 Å². The Morgan fingerprint density at radius 2 is 1.70 bits per heavy atom. The molecule has 0 aliphatic carbocycles. The lowest BCUT2D eigenvalue weighted by Crippen LogP contribution is -2.44. The monoisotopic (exact) mass is 634 g/mol. The van der Waals surface area contributed by atoms with Crippen molar-refractivity contribution in [1.29, 1.82) is 0 Å². The number of anilines is 1. The average molecular weight is 635 g/mol. The molecule has 0 atom stereocenters. The van der Waals surface area contributed by atoms with Gasteiger partial charge < -0.3 is 24.8 Å². The topological polar surface area (TPSA) is 95.9 Å². The van der Waals surface area contributed by atoms with Gasteiger partial charge >= 0.3 is 6.01 Å². The largest absolute Gasteiger partial charge is 0.508 e. The standard InChI is InChI=1S/C32H31F3N6O3.C2H6/c1-3-20-23-18(15-22(33)25(20)34)14-19(42)16-21(23)27-26(35)28-24(30(37-27)43-2)29(40-12-8-36-9-13-40)39-31(38-28)44-17-32-6-4-10-41(32)11-5-7-32;1-2/h1,14-16,36,42H,4-13,17H2,2H3;1-2H3. The Hall–Kier alpha value is -4.34. The normalized spacial score (nSPS) is 17.5. The number of phenols is 1. The maximum atomic E-state index is 16.8. The van der Waals surface area contributed by atoms with E-state index in [1.165, 1.54) is 19.2 Å². The van der Waals surface area contributed by atoms with Crippen LogP contribution in [-0.2, 0) is 0 Å². The minimum absolute atomic E-state index is 0.0199. The number of halogens is 3. The summed E-state index contributed by atoms with van der Waals surface area (Å²) < 4.78 is 58.0. The summed E-state index contributed by atoms with van der Waals surface area (Å²) in [7, 11) is 1.39. The Morgan fingerprint density at radius 1 is 0.978 bits per heavy atom. The van der Waals surface area contributed by atoms with Gasteiger partial charge in [-0.1, -0.05) is 19.8 Å². The van der Waals surface area contributed by atoms with E-state index in [0.717, 1.165) is 44.8 Å². The molecule has 9 nitrogen and oxygen atoms in total. The SMILES string of the molecule is C#Cc1c(F)c(F)cc2cc(O)cc(-c3nc(OC)c4c(N5CCNCC5)nc(OCC56CCCN5CCC6)nc4c3F)c12.CC. The summed E-state index contributed by atoms with van der Waals surface area (Å²) in [4.78, 5) is 18.3. The lowest BCUT2D eigenvalue weighted by atomic mass is 9.95. The van der Waals surface area contributed by atoms with Gasteiger partial charge in [0.1, 0.15) is 34.8 Å². The van der Waals surface area contributed by atoms with E-state index in [1.807, 2.05) is 18.7 Å². The van der Waals surface area contributed by atoms with Gasteiger partial charge in [-0.2, -0.15) is 9.97 Å². The molecule has 5 heterocycles. The highest BCUT2D eigenvalue weighted by Crippen LogP contribution is 2.43. The number of benzene rings is 2. The molecule has 2 aromatic heterocycles. The van der Waals surface area contributed by atoms with Crippen molar-refractivity contribution in [3.8, 4) is 41.2 Å². The number of fused-ring (bicyclic) bond motifs is 3. The molecule has 46 heavy (non-hydrogen) atoms. The number of hydrogen-bond donors (Lipinski definition) is 2. The molecular formula is C34H37F3N6O3. The van der Waals surface area contributed by atoms with Crippen LogP contribution in [0.2, 0.25) is 0 Å². The molecule has 0 spiro atoms. The van der Waals surface area contributed by atoms with Crippen LogP contribution in [0, 0.1) is 29.8 Å². The Balaban J connectivity index is 0.00000182. The summed E-state index contributed by atoms with van der Waals surface area (Å²) in [5, 5.41) is 14.2. The van der Waals surface area contributed by atoms with Crippen molar-refractivity contribution in [1.82, 2.24) is 25.2 Å². The molecule has 0 bridgehead atoms. The van der Waals surface area contributed by atoms with Gasteiger partial charge in [0.05, 0.1) is 18.2 Å². The zero-order valence-corrected chi connectivity index (χ0v) is 26.2. The van der Waals surface area contributed by atoms with Gasteiger partial charge in [0.25, 0.3) is 0 Å². The molecule has 3 aliphatic heterocycles. The zero-order valence-electron chi connectivity index (χ0n) is 26.2. The van der Waals surface area contributed by atoms with Gasteiger partial charge in [0.15, 0.2) is 17.5 Å². The molecule has 2 N–H and O–H groups in total. The van der Waals surface area contributed by atoms with Crippen LogP contribution in [0.15, 0.2) is 18.2 Å². The second kappa shape index (κ2) is 12.8. The number of hydrogen-bond acceptors (Lipinski definition) is 9. The van der Waals surface area contributed by atoms with Gasteiger partial charge in [-0.15, -0.1) is 6.42 Å². The number of pyridine rings is 1. The number of aromatic hydroxyl groups is 1. The van der Waals surface area contributed by atoms with Gasteiger partial charge in [-0.3, -0.25) is 4.90 Å². The van der Waals surface area contributed by atoms with E-state index >= 15 is 4.39 Å². The third kappa shape index (κ3) is 5.31. The van der Waals surface area contributed by atoms with Crippen molar-refractivity contribution >= 4 is 27.5 Å². The highest BCUT2D eigenvalue weighted by atomic mass is 19.2. The number of nitrogens with one attached hydrogen (secondary N) is 1. The highest BCUT2D eigenvalue weighted by molar-refractivity contribution is 6.04. The Morgan fingerprint density at radius 3 is 2.37 bits per heavy atom. The average Bonchev–Trinajstić information content (AvgIpc) is 3.66. The zero-order chi connectivity index (χ0) is 32.6. The van der Waals surface area contributed by atoms with Gasteiger partial charge in [0, 0.05) is 37.1 Å². The number of methoxy groups -OCH3 is 1. The minimum Gasteiger partial charge on any atom is -0.508 e. The van der Waals surface area contributed by atoms with Crippen molar-refractivity contribution in [2.45, 2.75) is 45.1 Å². The molecule has 0 radical (unpaired) electrons. The van der Waals surface area contributed by atoms with Crippen LogP contribution in [-0.4, -0.2) is 83.5 Å². The van der Waals surface area contributed by atoms with E-state index in [9.17, 15) is 13.9 Å². The molecule has 7 rings (SSSR count). The number of aromatic nitrogens is 3. The van der Waals surface area contributed by atoms with Gasteiger partial charge in [-0.25, -0.2) is 18.2 Å². The van der Waals surface area contributed by atoms with Crippen LogP contribution in [0.3, 0.4) is 0 Å². The number of rotatable bonds is 6. The first-order chi connectivity index (χ1) is 22.3. The maximum Gasteiger partial charge on any atom is 0.319 e. The lowest BCUT2D eigenvalue weighted by Gasteiger charge is -2.32. The summed E-state index contributed by atoms with van der Waals surface area (Å²) >= 11 is 0. The summed E-state index contributed by atoms with van der Waals surface area (Å²) in [5.74, 6) is -1.01. The van der Waals surface area contributed by atoms with Crippen molar-refractivity contribution in [2.75, 3.05) is 57.9 Å². The minimum atomic E-state index is -1.26. The molecule has 0 unspecified atom stereocenters. The van der Waals surface area contributed by atoms with E-state index < -0.39 is 23.0 Å². The van der Waals surface area contributed by atoms with Crippen LogP contribution in [0.1, 0.15) is 45.1 Å². The Kier molecular flexibility index (Phi) is 8.81. The number of piperazine rings is 1. The summed E-state index contributed by atoms with van der Waals surface area (Å²) in [6.45, 7) is 9.02. The van der Waals surface area contributed by atoms with E-state index in [-0.39, 0.29) is 56.1 Å². The van der Waals surface area contributed by atoms with Crippen molar-refractivity contribution in [3.63, 3.8) is 0 Å².